The van der Waals surface area contributed by atoms with E-state index in [4.69, 9.17) is 9.47 Å². The standard InChI is InChI=1S/C13H19N3O4/c1-13(4-5-14-8-13)15-9-6-11(19-2)12(20-3)7-10(9)16(17)18/h6-7,14-15H,4-5,8H2,1-3H3. The summed E-state index contributed by atoms with van der Waals surface area (Å²) < 4.78 is 10.3. The Hall–Kier alpha value is -2.02. The molecular formula is C13H19N3O4. The number of ether oxygens (including phenoxy) is 2. The predicted octanol–water partition coefficient (Wildman–Crippen LogP) is 1.78. The summed E-state index contributed by atoms with van der Waals surface area (Å²) in [6, 6.07) is 2.99. The summed E-state index contributed by atoms with van der Waals surface area (Å²) in [6.45, 7) is 3.69. The van der Waals surface area contributed by atoms with E-state index in [1.54, 1.807) is 6.07 Å². The van der Waals surface area contributed by atoms with E-state index in [0.717, 1.165) is 19.5 Å². The minimum atomic E-state index is -0.421. The first kappa shape index (κ1) is 14.4. The fraction of sp³-hybridized carbons (Fsp3) is 0.538. The van der Waals surface area contributed by atoms with Gasteiger partial charge in [-0.3, -0.25) is 10.1 Å². The fourth-order valence-corrected chi connectivity index (χ4v) is 2.37. The van der Waals surface area contributed by atoms with Crippen LogP contribution in [0.4, 0.5) is 11.4 Å². The zero-order chi connectivity index (χ0) is 14.8. The number of benzene rings is 1. The molecule has 1 unspecified atom stereocenters. The molecule has 0 bridgehead atoms. The Labute approximate surface area is 117 Å². The third kappa shape index (κ3) is 2.77. The van der Waals surface area contributed by atoms with Gasteiger partial charge in [0, 0.05) is 18.2 Å². The Kier molecular flexibility index (Phi) is 3.99. The molecule has 0 amide bonds. The van der Waals surface area contributed by atoms with Crippen LogP contribution in [-0.2, 0) is 0 Å². The van der Waals surface area contributed by atoms with Gasteiger partial charge in [-0.05, 0) is 19.9 Å². The highest BCUT2D eigenvalue weighted by Crippen LogP contribution is 2.39. The molecule has 1 fully saturated rings. The van der Waals surface area contributed by atoms with Crippen LogP contribution in [0.1, 0.15) is 13.3 Å². The summed E-state index contributed by atoms with van der Waals surface area (Å²) >= 11 is 0. The Morgan fingerprint density at radius 3 is 2.50 bits per heavy atom. The Morgan fingerprint density at radius 2 is 2.00 bits per heavy atom. The molecule has 1 heterocycles. The third-order valence-electron chi connectivity index (χ3n) is 3.50. The summed E-state index contributed by atoms with van der Waals surface area (Å²) in [5, 5.41) is 17.7. The van der Waals surface area contributed by atoms with E-state index in [1.807, 2.05) is 6.92 Å². The van der Waals surface area contributed by atoms with Crippen LogP contribution in [0.25, 0.3) is 0 Å². The largest absolute Gasteiger partial charge is 0.493 e. The highest BCUT2D eigenvalue weighted by atomic mass is 16.6. The second-order valence-electron chi connectivity index (χ2n) is 5.09. The van der Waals surface area contributed by atoms with Gasteiger partial charge in [-0.25, -0.2) is 0 Å². The molecule has 1 aromatic rings. The minimum Gasteiger partial charge on any atom is -0.493 e. The number of rotatable bonds is 5. The van der Waals surface area contributed by atoms with Crippen LogP contribution in [0.15, 0.2) is 12.1 Å². The predicted molar refractivity (Wildman–Crippen MR) is 75.7 cm³/mol. The van der Waals surface area contributed by atoms with E-state index >= 15 is 0 Å². The van der Waals surface area contributed by atoms with Gasteiger partial charge in [0.1, 0.15) is 5.69 Å². The molecule has 7 heteroatoms. The molecule has 1 aromatic carbocycles. The normalized spacial score (nSPS) is 21.6. The molecule has 110 valence electrons. The molecule has 7 nitrogen and oxygen atoms in total. The molecular weight excluding hydrogens is 262 g/mol. The molecule has 1 aliphatic rings. The van der Waals surface area contributed by atoms with E-state index < -0.39 is 4.92 Å². The number of methoxy groups -OCH3 is 2. The Bertz CT molecular complexity index is 513. The van der Waals surface area contributed by atoms with Crippen LogP contribution >= 0.6 is 0 Å². The van der Waals surface area contributed by atoms with Crippen molar-refractivity contribution in [1.29, 1.82) is 0 Å². The topological polar surface area (TPSA) is 85.7 Å². The zero-order valence-electron chi connectivity index (χ0n) is 11.9. The average Bonchev–Trinajstić information content (AvgIpc) is 2.84. The second-order valence-corrected chi connectivity index (χ2v) is 5.09. The minimum absolute atomic E-state index is 0.0178. The lowest BCUT2D eigenvalue weighted by molar-refractivity contribution is -0.384. The molecule has 2 rings (SSSR count). The van der Waals surface area contributed by atoms with Gasteiger partial charge in [-0.2, -0.15) is 0 Å². The first-order valence-corrected chi connectivity index (χ1v) is 6.38. The van der Waals surface area contributed by atoms with E-state index in [-0.39, 0.29) is 11.2 Å². The van der Waals surface area contributed by atoms with Gasteiger partial charge in [-0.1, -0.05) is 0 Å². The van der Waals surface area contributed by atoms with Crippen LogP contribution in [0, 0.1) is 10.1 Å². The third-order valence-corrected chi connectivity index (χ3v) is 3.50. The maximum absolute atomic E-state index is 11.2. The van der Waals surface area contributed by atoms with E-state index in [0.29, 0.717) is 17.2 Å². The Morgan fingerprint density at radius 1 is 1.35 bits per heavy atom. The molecule has 1 aliphatic heterocycles. The van der Waals surface area contributed by atoms with Crippen molar-refractivity contribution >= 4 is 11.4 Å². The summed E-state index contributed by atoms with van der Waals surface area (Å²) in [7, 11) is 2.96. The van der Waals surface area contributed by atoms with Crippen LogP contribution in [0.2, 0.25) is 0 Å². The SMILES string of the molecule is COc1cc(NC2(C)CCNC2)c([N+](=O)[O-])cc1OC. The number of anilines is 1. The van der Waals surface area contributed by atoms with E-state index in [2.05, 4.69) is 10.6 Å². The Balaban J connectivity index is 2.41. The van der Waals surface area contributed by atoms with Crippen LogP contribution in [-0.4, -0.2) is 37.8 Å². The fourth-order valence-electron chi connectivity index (χ4n) is 2.37. The quantitative estimate of drug-likeness (QED) is 0.632. The molecule has 1 saturated heterocycles. The average molecular weight is 281 g/mol. The van der Waals surface area contributed by atoms with Crippen LogP contribution < -0.4 is 20.1 Å². The van der Waals surface area contributed by atoms with Crippen LogP contribution in [0.5, 0.6) is 11.5 Å². The number of nitrogens with one attached hydrogen (secondary N) is 2. The number of nitrogens with zero attached hydrogens (tertiary/aromatic N) is 1. The summed E-state index contributed by atoms with van der Waals surface area (Å²) in [4.78, 5) is 10.8. The van der Waals surface area contributed by atoms with Gasteiger partial charge in [0.15, 0.2) is 11.5 Å². The van der Waals surface area contributed by atoms with Gasteiger partial charge < -0.3 is 20.1 Å². The van der Waals surface area contributed by atoms with Gasteiger partial charge >= 0.3 is 0 Å². The highest BCUT2D eigenvalue weighted by molar-refractivity contribution is 5.69. The van der Waals surface area contributed by atoms with Crippen molar-refractivity contribution in [1.82, 2.24) is 5.32 Å². The molecule has 0 aliphatic carbocycles. The van der Waals surface area contributed by atoms with Crippen molar-refractivity contribution in [2.24, 2.45) is 0 Å². The summed E-state index contributed by atoms with van der Waals surface area (Å²) in [5.74, 6) is 0.814. The molecule has 0 radical (unpaired) electrons. The second kappa shape index (κ2) is 5.54. The van der Waals surface area contributed by atoms with Crippen LogP contribution in [0.3, 0.4) is 0 Å². The number of nitro groups is 1. The lowest BCUT2D eigenvalue weighted by atomic mass is 10.0. The van der Waals surface area contributed by atoms with Gasteiger partial charge in [-0.15, -0.1) is 0 Å². The molecule has 20 heavy (non-hydrogen) atoms. The van der Waals surface area contributed by atoms with Crippen molar-refractivity contribution in [3.8, 4) is 11.5 Å². The van der Waals surface area contributed by atoms with Crippen molar-refractivity contribution in [3.63, 3.8) is 0 Å². The molecule has 0 saturated carbocycles. The number of nitro benzene ring substituents is 1. The smallest absolute Gasteiger partial charge is 0.296 e. The summed E-state index contributed by atoms with van der Waals surface area (Å²) in [5.41, 5.74) is 0.222. The number of hydrogen-bond donors (Lipinski definition) is 2. The maximum Gasteiger partial charge on any atom is 0.296 e. The summed E-state index contributed by atoms with van der Waals surface area (Å²) in [6.07, 6.45) is 0.901. The molecule has 0 spiro atoms. The molecule has 0 aromatic heterocycles. The van der Waals surface area contributed by atoms with Crippen molar-refractivity contribution in [2.75, 3.05) is 32.6 Å². The van der Waals surface area contributed by atoms with Gasteiger partial charge in [0.2, 0.25) is 0 Å². The lowest BCUT2D eigenvalue weighted by Gasteiger charge is -2.26. The van der Waals surface area contributed by atoms with E-state index in [1.165, 1.54) is 20.3 Å². The highest BCUT2D eigenvalue weighted by Gasteiger charge is 2.31. The first-order valence-electron chi connectivity index (χ1n) is 6.38. The molecule has 2 N–H and O–H groups in total. The molecule has 1 atom stereocenters. The monoisotopic (exact) mass is 281 g/mol. The lowest BCUT2D eigenvalue weighted by Crippen LogP contribution is -2.37. The van der Waals surface area contributed by atoms with E-state index in [9.17, 15) is 10.1 Å². The van der Waals surface area contributed by atoms with Gasteiger partial charge in [0.25, 0.3) is 5.69 Å². The van der Waals surface area contributed by atoms with Gasteiger partial charge in [0.05, 0.1) is 25.2 Å². The zero-order valence-corrected chi connectivity index (χ0v) is 11.9. The maximum atomic E-state index is 11.2. The van der Waals surface area contributed by atoms with Crippen molar-refractivity contribution in [2.45, 2.75) is 18.9 Å². The van der Waals surface area contributed by atoms with Crippen molar-refractivity contribution < 1.29 is 14.4 Å². The van der Waals surface area contributed by atoms with Crippen molar-refractivity contribution in [3.05, 3.63) is 22.2 Å². The first-order chi connectivity index (χ1) is 9.49. The number of hydrogen-bond acceptors (Lipinski definition) is 6.